The highest BCUT2D eigenvalue weighted by atomic mass is 35.5. The van der Waals surface area contributed by atoms with E-state index in [1.807, 2.05) is 47.2 Å². The molecule has 0 N–H and O–H groups in total. The summed E-state index contributed by atoms with van der Waals surface area (Å²) in [5, 5.41) is 0.471. The predicted molar refractivity (Wildman–Crippen MR) is 78.8 cm³/mol. The van der Waals surface area contributed by atoms with Crippen LogP contribution in [0.25, 0.3) is 11.0 Å². The van der Waals surface area contributed by atoms with Crippen LogP contribution in [-0.4, -0.2) is 14.5 Å². The van der Waals surface area contributed by atoms with Crippen molar-refractivity contribution in [2.75, 3.05) is 0 Å². The lowest BCUT2D eigenvalue weighted by molar-refractivity contribution is 0.0667. The first-order valence-electron chi connectivity index (χ1n) is 6.03. The van der Waals surface area contributed by atoms with E-state index in [1.54, 1.807) is 0 Å². The Balaban J connectivity index is 1.75. The Hall–Kier alpha value is -1.62. The number of ether oxygens (including phenoxy) is 1. The van der Waals surface area contributed by atoms with Crippen LogP contribution in [-0.2, 0) is 18.1 Å². The summed E-state index contributed by atoms with van der Waals surface area (Å²) in [6, 6.07) is 11.8. The van der Waals surface area contributed by atoms with Crippen LogP contribution in [0.5, 0.6) is 0 Å². The van der Waals surface area contributed by atoms with Crippen molar-refractivity contribution in [1.29, 1.82) is 0 Å². The highest BCUT2D eigenvalue weighted by molar-refractivity contribution is 6.35. The molecule has 0 aliphatic heterocycles. The largest absolute Gasteiger partial charge is 0.356 e. The lowest BCUT2D eigenvalue weighted by atomic mass is 10.2. The highest BCUT2D eigenvalue weighted by Crippen LogP contribution is 2.23. The van der Waals surface area contributed by atoms with Crippen molar-refractivity contribution < 1.29 is 4.74 Å². The summed E-state index contributed by atoms with van der Waals surface area (Å²) >= 11 is 11.9. The number of hydrogen-bond acceptors (Lipinski definition) is 3. The average Bonchev–Trinajstić information content (AvgIpc) is 2.83. The minimum atomic E-state index is 0.144. The molecule has 1 aromatic carbocycles. The zero-order valence-electron chi connectivity index (χ0n) is 10.5. The third-order valence-electron chi connectivity index (χ3n) is 2.88. The standard InChI is InChI=1S/C14H11Cl2N3O/c15-13-12-11(17-14(16)18-13)6-7-19(12)9-20-8-10-4-2-1-3-5-10/h1-7H,8-9H2. The molecule has 0 spiro atoms. The molecule has 0 saturated carbocycles. The van der Waals surface area contributed by atoms with E-state index in [1.165, 1.54) is 0 Å². The van der Waals surface area contributed by atoms with Gasteiger partial charge in [0, 0.05) is 6.20 Å². The third kappa shape index (κ3) is 2.77. The Kier molecular flexibility index (Phi) is 3.87. The van der Waals surface area contributed by atoms with Gasteiger partial charge < -0.3 is 9.30 Å². The summed E-state index contributed by atoms with van der Waals surface area (Å²) in [5.74, 6) is 0. The smallest absolute Gasteiger partial charge is 0.224 e. The molecule has 0 unspecified atom stereocenters. The summed E-state index contributed by atoms with van der Waals surface area (Å²) in [6.45, 7) is 0.912. The molecule has 0 amide bonds. The summed E-state index contributed by atoms with van der Waals surface area (Å²) in [7, 11) is 0. The molecule has 0 saturated heterocycles. The topological polar surface area (TPSA) is 39.9 Å². The quantitative estimate of drug-likeness (QED) is 0.542. The zero-order valence-corrected chi connectivity index (χ0v) is 12.0. The maximum absolute atomic E-state index is 6.09. The Morgan fingerprint density at radius 3 is 2.65 bits per heavy atom. The number of halogens is 2. The first-order chi connectivity index (χ1) is 9.74. The number of aromatic nitrogens is 3. The molecular weight excluding hydrogens is 297 g/mol. The van der Waals surface area contributed by atoms with Gasteiger partial charge in [-0.05, 0) is 23.2 Å². The Morgan fingerprint density at radius 2 is 1.85 bits per heavy atom. The number of nitrogens with zero attached hydrogens (tertiary/aromatic N) is 3. The predicted octanol–water partition coefficient (Wildman–Crippen LogP) is 3.91. The van der Waals surface area contributed by atoms with Gasteiger partial charge in [-0.25, -0.2) is 9.97 Å². The van der Waals surface area contributed by atoms with Gasteiger partial charge in [-0.2, -0.15) is 0 Å². The number of benzene rings is 1. The van der Waals surface area contributed by atoms with Crippen LogP contribution in [0.3, 0.4) is 0 Å². The van der Waals surface area contributed by atoms with E-state index in [9.17, 15) is 0 Å². The van der Waals surface area contributed by atoms with Crippen LogP contribution < -0.4 is 0 Å². The lowest BCUT2D eigenvalue weighted by Crippen LogP contribution is -2.02. The van der Waals surface area contributed by atoms with Crippen LogP contribution in [0.1, 0.15) is 5.56 Å². The fourth-order valence-electron chi connectivity index (χ4n) is 1.98. The second kappa shape index (κ2) is 5.79. The molecule has 102 valence electrons. The van der Waals surface area contributed by atoms with Crippen LogP contribution >= 0.6 is 23.2 Å². The van der Waals surface area contributed by atoms with Crippen LogP contribution in [0.15, 0.2) is 42.6 Å². The zero-order chi connectivity index (χ0) is 13.9. The van der Waals surface area contributed by atoms with E-state index in [2.05, 4.69) is 9.97 Å². The van der Waals surface area contributed by atoms with E-state index < -0.39 is 0 Å². The molecule has 3 aromatic rings. The molecule has 0 aliphatic carbocycles. The molecule has 4 nitrogen and oxygen atoms in total. The summed E-state index contributed by atoms with van der Waals surface area (Å²) in [6.07, 6.45) is 1.85. The van der Waals surface area contributed by atoms with Gasteiger partial charge in [0.05, 0.1) is 12.1 Å². The molecular formula is C14H11Cl2N3O. The minimum absolute atomic E-state index is 0.144. The number of rotatable bonds is 4. The van der Waals surface area contributed by atoms with Crippen LogP contribution in [0, 0.1) is 0 Å². The maximum atomic E-state index is 6.09. The van der Waals surface area contributed by atoms with E-state index in [0.29, 0.717) is 24.0 Å². The van der Waals surface area contributed by atoms with Crippen molar-refractivity contribution in [2.45, 2.75) is 13.3 Å². The maximum Gasteiger partial charge on any atom is 0.224 e. The summed E-state index contributed by atoms with van der Waals surface area (Å²) < 4.78 is 7.53. The molecule has 0 fully saturated rings. The van der Waals surface area contributed by atoms with Crippen molar-refractivity contribution in [2.24, 2.45) is 0 Å². The van der Waals surface area contributed by atoms with Crippen molar-refractivity contribution >= 4 is 34.2 Å². The molecule has 0 radical (unpaired) electrons. The second-order valence-electron chi connectivity index (χ2n) is 4.27. The summed E-state index contributed by atoms with van der Waals surface area (Å²) in [4.78, 5) is 8.06. The van der Waals surface area contributed by atoms with Crippen molar-refractivity contribution in [3.63, 3.8) is 0 Å². The van der Waals surface area contributed by atoms with E-state index in [-0.39, 0.29) is 5.28 Å². The number of hydrogen-bond donors (Lipinski definition) is 0. The molecule has 2 heterocycles. The molecule has 20 heavy (non-hydrogen) atoms. The molecule has 6 heteroatoms. The average molecular weight is 308 g/mol. The Morgan fingerprint density at radius 1 is 1.05 bits per heavy atom. The Bertz CT molecular complexity index is 728. The normalized spacial score (nSPS) is 11.1. The SMILES string of the molecule is Clc1nc(Cl)c2c(ccn2COCc2ccccc2)n1. The molecule has 0 bridgehead atoms. The molecule has 3 rings (SSSR count). The van der Waals surface area contributed by atoms with E-state index in [4.69, 9.17) is 27.9 Å². The second-order valence-corrected chi connectivity index (χ2v) is 4.96. The van der Waals surface area contributed by atoms with Gasteiger partial charge in [0.25, 0.3) is 0 Å². The van der Waals surface area contributed by atoms with E-state index >= 15 is 0 Å². The van der Waals surface area contributed by atoms with Crippen molar-refractivity contribution in [3.05, 3.63) is 58.6 Å². The van der Waals surface area contributed by atoms with Crippen molar-refractivity contribution in [3.8, 4) is 0 Å². The van der Waals surface area contributed by atoms with Crippen LogP contribution in [0.2, 0.25) is 10.4 Å². The third-order valence-corrected chi connectivity index (χ3v) is 3.32. The van der Waals surface area contributed by atoms with Gasteiger partial charge in [-0.15, -0.1) is 0 Å². The minimum Gasteiger partial charge on any atom is -0.356 e. The molecule has 0 atom stereocenters. The van der Waals surface area contributed by atoms with E-state index in [0.717, 1.165) is 11.1 Å². The number of fused-ring (bicyclic) bond motifs is 1. The molecule has 0 aliphatic rings. The lowest BCUT2D eigenvalue weighted by Gasteiger charge is -2.07. The van der Waals surface area contributed by atoms with Gasteiger partial charge >= 0.3 is 0 Å². The van der Waals surface area contributed by atoms with Gasteiger partial charge in [-0.1, -0.05) is 41.9 Å². The van der Waals surface area contributed by atoms with Gasteiger partial charge in [0.2, 0.25) is 5.28 Å². The highest BCUT2D eigenvalue weighted by Gasteiger charge is 2.09. The van der Waals surface area contributed by atoms with Gasteiger partial charge in [0.1, 0.15) is 12.2 Å². The van der Waals surface area contributed by atoms with Crippen LogP contribution in [0.4, 0.5) is 0 Å². The summed E-state index contributed by atoms with van der Waals surface area (Å²) in [5.41, 5.74) is 2.55. The van der Waals surface area contributed by atoms with Gasteiger partial charge in [-0.3, -0.25) is 0 Å². The monoisotopic (exact) mass is 307 g/mol. The Labute approximate surface area is 125 Å². The fraction of sp³-hybridized carbons (Fsp3) is 0.143. The van der Waals surface area contributed by atoms with Gasteiger partial charge in [0.15, 0.2) is 5.15 Å². The first-order valence-corrected chi connectivity index (χ1v) is 6.79. The van der Waals surface area contributed by atoms with Crippen molar-refractivity contribution in [1.82, 2.24) is 14.5 Å². The molecule has 2 aromatic heterocycles. The fourth-order valence-corrected chi connectivity index (χ4v) is 2.48. The first kappa shape index (κ1) is 13.4.